The summed E-state index contributed by atoms with van der Waals surface area (Å²) in [4.78, 5) is 15.0. The molecule has 0 saturated heterocycles. The summed E-state index contributed by atoms with van der Waals surface area (Å²) in [5.74, 6) is -1.79. The number of rotatable bonds is 3. The van der Waals surface area contributed by atoms with Crippen LogP contribution in [0, 0.1) is 11.6 Å². The second kappa shape index (κ2) is 5.92. The Kier molecular flexibility index (Phi) is 4.77. The highest BCUT2D eigenvalue weighted by molar-refractivity contribution is 5.68. The molecule has 19 heavy (non-hydrogen) atoms. The molecule has 0 saturated carbocycles. The first-order valence-corrected chi connectivity index (χ1v) is 5.64. The summed E-state index contributed by atoms with van der Waals surface area (Å²) in [5, 5.41) is 11.4. The molecule has 0 spiro atoms. The number of pyridine rings is 1. The van der Waals surface area contributed by atoms with Gasteiger partial charge in [-0.1, -0.05) is 0 Å². The molecule has 1 rings (SSSR count). The van der Waals surface area contributed by atoms with Gasteiger partial charge < -0.3 is 15.2 Å². The van der Waals surface area contributed by atoms with E-state index in [1.165, 1.54) is 0 Å². The Bertz CT molecular complexity index is 461. The Morgan fingerprint density at radius 3 is 2.63 bits per heavy atom. The van der Waals surface area contributed by atoms with Crippen LogP contribution in [0.15, 0.2) is 12.3 Å². The molecule has 106 valence electrons. The highest BCUT2D eigenvalue weighted by atomic mass is 19.1. The van der Waals surface area contributed by atoms with Crippen LogP contribution in [0.5, 0.6) is 0 Å². The second-order valence-corrected chi connectivity index (χ2v) is 4.90. The van der Waals surface area contributed by atoms with E-state index in [9.17, 15) is 13.6 Å². The van der Waals surface area contributed by atoms with Crippen LogP contribution in [0.2, 0.25) is 0 Å². The Labute approximate surface area is 109 Å². The number of ether oxygens (including phenoxy) is 1. The molecular formula is C12H16F2N2O3. The van der Waals surface area contributed by atoms with Crippen molar-refractivity contribution in [3.63, 3.8) is 0 Å². The summed E-state index contributed by atoms with van der Waals surface area (Å²) in [6.07, 6.45) is -0.0187. The van der Waals surface area contributed by atoms with Crippen molar-refractivity contribution in [1.29, 1.82) is 0 Å². The molecule has 1 heterocycles. The van der Waals surface area contributed by atoms with Gasteiger partial charge in [0, 0.05) is 6.07 Å². The fourth-order valence-corrected chi connectivity index (χ4v) is 1.33. The predicted octanol–water partition coefficient (Wildman–Crippen LogP) is 1.92. The van der Waals surface area contributed by atoms with Gasteiger partial charge in [-0.05, 0) is 20.8 Å². The zero-order valence-corrected chi connectivity index (χ0v) is 10.9. The summed E-state index contributed by atoms with van der Waals surface area (Å²) in [7, 11) is 0. The minimum absolute atomic E-state index is 0.255. The average Bonchev–Trinajstić information content (AvgIpc) is 2.24. The predicted molar refractivity (Wildman–Crippen MR) is 63.3 cm³/mol. The number of carbonyl (C=O) groups excluding carboxylic acids is 1. The number of alkyl carbamates (subject to hydrolysis) is 1. The molecule has 7 heteroatoms. The molecule has 1 atom stereocenters. The number of nitrogens with zero attached hydrogens (tertiary/aromatic N) is 1. The lowest BCUT2D eigenvalue weighted by molar-refractivity contribution is 0.0479. The maximum Gasteiger partial charge on any atom is 0.408 e. The number of halogens is 2. The minimum Gasteiger partial charge on any atom is -0.444 e. The van der Waals surface area contributed by atoms with Crippen molar-refractivity contribution in [1.82, 2.24) is 10.3 Å². The maximum atomic E-state index is 13.5. The van der Waals surface area contributed by atoms with Gasteiger partial charge in [0.25, 0.3) is 0 Å². The van der Waals surface area contributed by atoms with Gasteiger partial charge in [-0.2, -0.15) is 0 Å². The van der Waals surface area contributed by atoms with E-state index in [1.807, 2.05) is 0 Å². The molecule has 0 bridgehead atoms. The van der Waals surface area contributed by atoms with E-state index in [0.717, 1.165) is 6.20 Å². The number of hydrogen-bond acceptors (Lipinski definition) is 4. The molecule has 0 aliphatic heterocycles. The molecule has 1 amide bonds. The molecule has 0 aliphatic rings. The van der Waals surface area contributed by atoms with E-state index in [-0.39, 0.29) is 5.69 Å². The van der Waals surface area contributed by atoms with Crippen molar-refractivity contribution in [2.24, 2.45) is 0 Å². The summed E-state index contributed by atoms with van der Waals surface area (Å²) in [5.41, 5.74) is -0.978. The molecule has 0 aliphatic carbocycles. The average molecular weight is 274 g/mol. The number of hydrogen-bond donors (Lipinski definition) is 2. The third-order valence-corrected chi connectivity index (χ3v) is 2.04. The third kappa shape index (κ3) is 4.78. The first-order valence-electron chi connectivity index (χ1n) is 5.64. The number of aliphatic hydroxyl groups excluding tert-OH is 1. The van der Waals surface area contributed by atoms with Crippen LogP contribution < -0.4 is 5.32 Å². The smallest absolute Gasteiger partial charge is 0.408 e. The number of aromatic nitrogens is 1. The number of amides is 1. The monoisotopic (exact) mass is 274 g/mol. The van der Waals surface area contributed by atoms with E-state index < -0.39 is 36.0 Å². The van der Waals surface area contributed by atoms with Crippen LogP contribution in [0.1, 0.15) is 32.5 Å². The molecule has 1 aromatic rings. The van der Waals surface area contributed by atoms with Crippen LogP contribution >= 0.6 is 0 Å². The first kappa shape index (κ1) is 15.3. The van der Waals surface area contributed by atoms with E-state index in [0.29, 0.717) is 6.07 Å². The van der Waals surface area contributed by atoms with Gasteiger partial charge >= 0.3 is 6.09 Å². The summed E-state index contributed by atoms with van der Waals surface area (Å²) >= 11 is 0. The molecule has 2 N–H and O–H groups in total. The van der Waals surface area contributed by atoms with Crippen molar-refractivity contribution in [2.45, 2.75) is 32.4 Å². The van der Waals surface area contributed by atoms with Gasteiger partial charge in [0.05, 0.1) is 12.8 Å². The van der Waals surface area contributed by atoms with Gasteiger partial charge in [-0.15, -0.1) is 0 Å². The highest BCUT2D eigenvalue weighted by Gasteiger charge is 2.23. The van der Waals surface area contributed by atoms with E-state index in [1.54, 1.807) is 20.8 Å². The van der Waals surface area contributed by atoms with Gasteiger partial charge in [0.15, 0.2) is 0 Å². The molecule has 0 radical (unpaired) electrons. The largest absolute Gasteiger partial charge is 0.444 e. The summed E-state index contributed by atoms with van der Waals surface area (Å²) in [6, 6.07) is -0.475. The summed E-state index contributed by atoms with van der Waals surface area (Å²) < 4.78 is 31.2. The molecule has 1 unspecified atom stereocenters. The van der Waals surface area contributed by atoms with Crippen LogP contribution in [0.4, 0.5) is 13.6 Å². The van der Waals surface area contributed by atoms with Gasteiger partial charge in [0.2, 0.25) is 0 Å². The van der Waals surface area contributed by atoms with E-state index in [2.05, 4.69) is 10.3 Å². The number of aliphatic hydroxyl groups is 1. The fraction of sp³-hybridized carbons (Fsp3) is 0.500. The molecular weight excluding hydrogens is 258 g/mol. The van der Waals surface area contributed by atoms with Gasteiger partial charge in [-0.25, -0.2) is 13.6 Å². The molecule has 0 fully saturated rings. The van der Waals surface area contributed by atoms with Gasteiger partial charge in [0.1, 0.15) is 29.0 Å². The van der Waals surface area contributed by atoms with Crippen LogP contribution in [-0.2, 0) is 4.74 Å². The van der Waals surface area contributed by atoms with Crippen molar-refractivity contribution >= 4 is 6.09 Å². The quantitative estimate of drug-likeness (QED) is 0.883. The van der Waals surface area contributed by atoms with Crippen LogP contribution in [0.25, 0.3) is 0 Å². The molecule has 5 nitrogen and oxygen atoms in total. The second-order valence-electron chi connectivity index (χ2n) is 4.90. The fourth-order valence-electron chi connectivity index (χ4n) is 1.33. The minimum atomic E-state index is -1.10. The highest BCUT2D eigenvalue weighted by Crippen LogP contribution is 2.16. The standard InChI is InChI=1S/C12H16F2N2O3/c1-12(2,3)19-11(18)16-9(6-17)10-8(14)4-7(13)5-15-10/h4-5,9,17H,6H2,1-3H3,(H,16,18). The molecule has 1 aromatic heterocycles. The lowest BCUT2D eigenvalue weighted by atomic mass is 10.2. The van der Waals surface area contributed by atoms with Crippen LogP contribution in [0.3, 0.4) is 0 Å². The zero-order chi connectivity index (χ0) is 14.6. The summed E-state index contributed by atoms with van der Waals surface area (Å²) in [6.45, 7) is 4.40. The molecule has 0 aromatic carbocycles. The zero-order valence-electron chi connectivity index (χ0n) is 10.9. The van der Waals surface area contributed by atoms with Crippen molar-refractivity contribution in [3.05, 3.63) is 29.6 Å². The van der Waals surface area contributed by atoms with E-state index in [4.69, 9.17) is 9.84 Å². The number of nitrogens with one attached hydrogen (secondary N) is 1. The maximum absolute atomic E-state index is 13.5. The van der Waals surface area contributed by atoms with Gasteiger partial charge in [-0.3, -0.25) is 4.98 Å². The lowest BCUT2D eigenvalue weighted by Crippen LogP contribution is -2.37. The Morgan fingerprint density at radius 1 is 1.53 bits per heavy atom. The number of carbonyl (C=O) groups is 1. The third-order valence-electron chi connectivity index (χ3n) is 2.04. The normalized spacial score (nSPS) is 12.9. The Hall–Kier alpha value is -1.76. The van der Waals surface area contributed by atoms with Crippen molar-refractivity contribution < 1.29 is 23.4 Å². The Morgan fingerprint density at radius 2 is 2.16 bits per heavy atom. The van der Waals surface area contributed by atoms with Crippen molar-refractivity contribution in [2.75, 3.05) is 6.61 Å². The topological polar surface area (TPSA) is 71.5 Å². The van der Waals surface area contributed by atoms with Crippen LogP contribution in [-0.4, -0.2) is 28.4 Å². The van der Waals surface area contributed by atoms with Crippen molar-refractivity contribution in [3.8, 4) is 0 Å². The first-order chi connectivity index (χ1) is 8.73. The SMILES string of the molecule is CC(C)(C)OC(=O)NC(CO)c1ncc(F)cc1F. The lowest BCUT2D eigenvalue weighted by Gasteiger charge is -2.22. The van der Waals surface area contributed by atoms with E-state index >= 15 is 0 Å². The Balaban J connectivity index is 2.81.